The van der Waals surface area contributed by atoms with Gasteiger partial charge in [-0.05, 0) is 6.07 Å². The van der Waals surface area contributed by atoms with Crippen molar-refractivity contribution in [3.05, 3.63) is 47.5 Å². The molecule has 5 nitrogen and oxygen atoms in total. The Balaban J connectivity index is 1.73. The van der Waals surface area contributed by atoms with Crippen LogP contribution < -0.4 is 5.32 Å². The second kappa shape index (κ2) is 5.12. The summed E-state index contributed by atoms with van der Waals surface area (Å²) in [5.41, 5.74) is 0.739. The molecule has 0 spiro atoms. The smallest absolute Gasteiger partial charge is 0.317 e. The van der Waals surface area contributed by atoms with Crippen LogP contribution in [0.5, 0.6) is 0 Å². The van der Waals surface area contributed by atoms with Crippen LogP contribution in [-0.2, 0) is 13.1 Å². The molecule has 2 heterocycles. The first-order valence-corrected chi connectivity index (χ1v) is 6.26. The van der Waals surface area contributed by atoms with Crippen molar-refractivity contribution in [2.24, 2.45) is 0 Å². The van der Waals surface area contributed by atoms with Crippen molar-refractivity contribution in [2.75, 3.05) is 11.9 Å². The fourth-order valence-electron chi connectivity index (χ4n) is 2.19. The third kappa shape index (κ3) is 2.56. The summed E-state index contributed by atoms with van der Waals surface area (Å²) in [7, 11) is 0. The summed E-state index contributed by atoms with van der Waals surface area (Å²) in [6.45, 7) is 1.31. The van der Waals surface area contributed by atoms with Gasteiger partial charge >= 0.3 is 6.03 Å². The Kier molecular flexibility index (Phi) is 3.28. The van der Waals surface area contributed by atoms with E-state index < -0.39 is 23.5 Å². The molecule has 1 aromatic heterocycles. The fourth-order valence-corrected chi connectivity index (χ4v) is 2.19. The molecule has 1 N–H and O–H groups in total. The lowest BCUT2D eigenvalue weighted by Gasteiger charge is -2.27. The number of nitrogens with zero attached hydrogens (tertiary/aromatic N) is 3. The van der Waals surface area contributed by atoms with E-state index in [0.717, 1.165) is 17.8 Å². The predicted octanol–water partition coefficient (Wildman–Crippen LogP) is 2.35. The average Bonchev–Trinajstić information content (AvgIpc) is 2.91. The zero-order chi connectivity index (χ0) is 15.0. The first-order valence-electron chi connectivity index (χ1n) is 6.26. The molecule has 0 aliphatic carbocycles. The number of fused-ring (bicyclic) bond motifs is 1. The maximum absolute atomic E-state index is 13.1. The summed E-state index contributed by atoms with van der Waals surface area (Å²) in [5.74, 6) is -4.25. The van der Waals surface area contributed by atoms with E-state index in [-0.39, 0.29) is 5.69 Å². The van der Waals surface area contributed by atoms with E-state index in [1.165, 1.54) is 4.90 Å². The van der Waals surface area contributed by atoms with Gasteiger partial charge in [0.05, 0.1) is 18.8 Å². The Morgan fingerprint density at radius 3 is 2.62 bits per heavy atom. The average molecular weight is 296 g/mol. The molecule has 2 aromatic rings. The van der Waals surface area contributed by atoms with E-state index in [1.807, 2.05) is 0 Å². The topological polar surface area (TPSA) is 50.2 Å². The van der Waals surface area contributed by atoms with Crippen molar-refractivity contribution in [1.29, 1.82) is 0 Å². The van der Waals surface area contributed by atoms with Crippen molar-refractivity contribution in [2.45, 2.75) is 13.1 Å². The molecule has 0 unspecified atom stereocenters. The van der Waals surface area contributed by atoms with Crippen molar-refractivity contribution < 1.29 is 18.0 Å². The molecule has 1 aromatic carbocycles. The molecule has 3 rings (SSSR count). The summed E-state index contributed by atoms with van der Waals surface area (Å²) >= 11 is 0. The zero-order valence-corrected chi connectivity index (χ0v) is 10.8. The Morgan fingerprint density at radius 1 is 1.19 bits per heavy atom. The van der Waals surface area contributed by atoms with Crippen LogP contribution in [0.3, 0.4) is 0 Å². The highest BCUT2D eigenvalue weighted by atomic mass is 19.2. The number of carbonyl (C=O) groups is 1. The summed E-state index contributed by atoms with van der Waals surface area (Å²) < 4.78 is 40.8. The lowest BCUT2D eigenvalue weighted by Crippen LogP contribution is -2.40. The highest BCUT2D eigenvalue weighted by Crippen LogP contribution is 2.19. The summed E-state index contributed by atoms with van der Waals surface area (Å²) in [6.07, 6.45) is 1.64. The monoisotopic (exact) mass is 296 g/mol. The maximum atomic E-state index is 13.1. The van der Waals surface area contributed by atoms with Crippen molar-refractivity contribution >= 4 is 11.7 Å². The highest BCUT2D eigenvalue weighted by molar-refractivity contribution is 5.89. The number of benzene rings is 1. The summed E-state index contributed by atoms with van der Waals surface area (Å²) in [5, 5.41) is 6.44. The lowest BCUT2D eigenvalue weighted by molar-refractivity contribution is 0.194. The molecule has 0 radical (unpaired) electrons. The number of halogens is 3. The summed E-state index contributed by atoms with van der Waals surface area (Å²) in [4.78, 5) is 13.5. The normalized spacial score (nSPS) is 14.0. The van der Waals surface area contributed by atoms with E-state index in [2.05, 4.69) is 10.4 Å². The largest absolute Gasteiger partial charge is 0.322 e. The number of anilines is 1. The van der Waals surface area contributed by atoms with Gasteiger partial charge in [0.2, 0.25) is 0 Å². The van der Waals surface area contributed by atoms with E-state index in [1.54, 1.807) is 16.9 Å². The number of rotatable bonds is 1. The molecule has 0 bridgehead atoms. The quantitative estimate of drug-likeness (QED) is 0.821. The van der Waals surface area contributed by atoms with Crippen LogP contribution >= 0.6 is 0 Å². The van der Waals surface area contributed by atoms with Gasteiger partial charge in [-0.2, -0.15) is 5.10 Å². The van der Waals surface area contributed by atoms with E-state index in [4.69, 9.17) is 0 Å². The standard InChI is InChI=1S/C13H11F3N4O/c14-10-5-8(6-11(15)12(10)16)18-13(21)19-3-4-20-9(7-19)1-2-17-20/h1-2,5-6H,3-4,7H2,(H,18,21). The van der Waals surface area contributed by atoms with Crippen LogP contribution in [0.2, 0.25) is 0 Å². The van der Waals surface area contributed by atoms with E-state index in [9.17, 15) is 18.0 Å². The number of aromatic nitrogens is 2. The van der Waals surface area contributed by atoms with Gasteiger partial charge in [0.1, 0.15) is 0 Å². The third-order valence-electron chi connectivity index (χ3n) is 3.26. The molecule has 1 aliphatic heterocycles. The molecule has 1 aliphatic rings. The van der Waals surface area contributed by atoms with Gasteiger partial charge in [0.15, 0.2) is 17.5 Å². The molecule has 110 valence electrons. The SMILES string of the molecule is O=C(Nc1cc(F)c(F)c(F)c1)N1CCn2nccc2C1. The molecular formula is C13H11F3N4O. The molecule has 0 saturated carbocycles. The van der Waals surface area contributed by atoms with Gasteiger partial charge in [-0.3, -0.25) is 4.68 Å². The maximum Gasteiger partial charge on any atom is 0.322 e. The Hall–Kier alpha value is -2.51. The second-order valence-electron chi connectivity index (χ2n) is 4.65. The van der Waals surface area contributed by atoms with Crippen LogP contribution in [0.4, 0.5) is 23.7 Å². The van der Waals surface area contributed by atoms with Crippen molar-refractivity contribution in [3.63, 3.8) is 0 Å². The minimum atomic E-state index is -1.56. The van der Waals surface area contributed by atoms with Crippen molar-refractivity contribution in [3.8, 4) is 0 Å². The highest BCUT2D eigenvalue weighted by Gasteiger charge is 2.21. The Morgan fingerprint density at radius 2 is 1.90 bits per heavy atom. The van der Waals surface area contributed by atoms with Crippen LogP contribution in [-0.4, -0.2) is 27.3 Å². The number of hydrogen-bond donors (Lipinski definition) is 1. The zero-order valence-electron chi connectivity index (χ0n) is 10.8. The van der Waals surface area contributed by atoms with Gasteiger partial charge in [0, 0.05) is 30.6 Å². The van der Waals surface area contributed by atoms with Crippen LogP contribution in [0.1, 0.15) is 5.69 Å². The van der Waals surface area contributed by atoms with Gasteiger partial charge in [-0.25, -0.2) is 18.0 Å². The number of urea groups is 1. The molecule has 8 heteroatoms. The van der Waals surface area contributed by atoms with Gasteiger partial charge in [-0.15, -0.1) is 0 Å². The molecule has 0 saturated heterocycles. The summed E-state index contributed by atoms with van der Waals surface area (Å²) in [6, 6.07) is 2.76. The number of carbonyl (C=O) groups excluding carboxylic acids is 1. The van der Waals surface area contributed by atoms with Gasteiger partial charge in [0.25, 0.3) is 0 Å². The first-order chi connectivity index (χ1) is 10.0. The molecule has 2 amide bonds. The minimum Gasteiger partial charge on any atom is -0.317 e. The van der Waals surface area contributed by atoms with Crippen LogP contribution in [0.25, 0.3) is 0 Å². The minimum absolute atomic E-state index is 0.129. The van der Waals surface area contributed by atoms with Crippen LogP contribution in [0, 0.1) is 17.5 Å². The Labute approximate surface area is 118 Å². The molecule has 0 fully saturated rings. The number of nitrogens with one attached hydrogen (secondary N) is 1. The van der Waals surface area contributed by atoms with Crippen molar-refractivity contribution in [1.82, 2.24) is 14.7 Å². The third-order valence-corrected chi connectivity index (χ3v) is 3.26. The van der Waals surface area contributed by atoms with E-state index in [0.29, 0.717) is 19.6 Å². The van der Waals surface area contributed by atoms with Gasteiger partial charge in [-0.1, -0.05) is 0 Å². The Bertz CT molecular complexity index is 677. The van der Waals surface area contributed by atoms with Crippen LogP contribution in [0.15, 0.2) is 24.4 Å². The molecular weight excluding hydrogens is 285 g/mol. The first kappa shape index (κ1) is 13.5. The lowest BCUT2D eigenvalue weighted by atomic mass is 10.3. The number of amides is 2. The van der Waals surface area contributed by atoms with E-state index >= 15 is 0 Å². The molecule has 0 atom stereocenters. The predicted molar refractivity (Wildman–Crippen MR) is 68.0 cm³/mol. The second-order valence-corrected chi connectivity index (χ2v) is 4.65. The number of hydrogen-bond acceptors (Lipinski definition) is 2. The van der Waals surface area contributed by atoms with Gasteiger partial charge < -0.3 is 10.2 Å². The fraction of sp³-hybridized carbons (Fsp3) is 0.231. The molecule has 21 heavy (non-hydrogen) atoms.